The van der Waals surface area contributed by atoms with E-state index < -0.39 is 0 Å². The third-order valence-corrected chi connectivity index (χ3v) is 1.53. The quantitative estimate of drug-likeness (QED) is 0.495. The predicted molar refractivity (Wildman–Crippen MR) is 41.2 cm³/mol. The van der Waals surface area contributed by atoms with Gasteiger partial charge in [-0.15, -0.1) is 0 Å². The Morgan fingerprint density at radius 1 is 1.60 bits per heavy atom. The molecule has 0 fully saturated rings. The van der Waals surface area contributed by atoms with Gasteiger partial charge in [0.05, 0.1) is 6.07 Å². The smallest absolute Gasteiger partial charge is 0.0988 e. The first-order chi connectivity index (χ1) is 4.86. The maximum absolute atomic E-state index is 8.46. The van der Waals surface area contributed by atoms with Crippen LogP contribution in [-0.2, 0) is 0 Å². The van der Waals surface area contributed by atoms with Crippen LogP contribution >= 0.6 is 0 Å². The summed E-state index contributed by atoms with van der Waals surface area (Å²) in [6, 6.07) is 2.10. The molecule has 1 heteroatoms. The Morgan fingerprint density at radius 3 is 2.80 bits per heavy atom. The molecule has 1 nitrogen and oxygen atoms in total. The Morgan fingerprint density at radius 2 is 2.40 bits per heavy atom. The van der Waals surface area contributed by atoms with E-state index in [-0.39, 0.29) is 0 Å². The van der Waals surface area contributed by atoms with Crippen molar-refractivity contribution in [2.75, 3.05) is 0 Å². The summed E-state index contributed by atoms with van der Waals surface area (Å²) in [6.07, 6.45) is 8.73. The summed E-state index contributed by atoms with van der Waals surface area (Å²) in [4.78, 5) is 0. The van der Waals surface area contributed by atoms with E-state index in [0.29, 0.717) is 0 Å². The minimum atomic E-state index is 0.769. The second-order valence-electron chi connectivity index (χ2n) is 2.17. The molecule has 50 valence electrons. The molecular formula is C9H9N. The number of hydrogen-bond acceptors (Lipinski definition) is 1. The summed E-state index contributed by atoms with van der Waals surface area (Å²) < 4.78 is 0. The Kier molecular flexibility index (Phi) is 2.07. The average molecular weight is 131 g/mol. The van der Waals surface area contributed by atoms with Gasteiger partial charge in [-0.1, -0.05) is 18.2 Å². The second-order valence-corrected chi connectivity index (χ2v) is 2.17. The van der Waals surface area contributed by atoms with Crippen molar-refractivity contribution in [2.24, 2.45) is 0 Å². The highest BCUT2D eigenvalue weighted by Crippen LogP contribution is 2.13. The van der Waals surface area contributed by atoms with Crippen LogP contribution in [0, 0.1) is 11.3 Å². The van der Waals surface area contributed by atoms with Gasteiger partial charge in [0.2, 0.25) is 0 Å². The van der Waals surface area contributed by atoms with E-state index in [1.807, 2.05) is 25.2 Å². The highest BCUT2D eigenvalue weighted by atomic mass is 14.2. The Hall–Kier alpha value is -1.29. The van der Waals surface area contributed by atoms with Gasteiger partial charge in [-0.2, -0.15) is 5.26 Å². The molecule has 0 aromatic carbocycles. The highest BCUT2D eigenvalue weighted by molar-refractivity contribution is 5.42. The van der Waals surface area contributed by atoms with Crippen LogP contribution in [0.2, 0.25) is 0 Å². The first kappa shape index (κ1) is 6.82. The molecule has 0 aliphatic heterocycles. The lowest BCUT2D eigenvalue weighted by molar-refractivity contribution is 1.23. The third-order valence-electron chi connectivity index (χ3n) is 1.53. The van der Waals surface area contributed by atoms with Gasteiger partial charge in [0.25, 0.3) is 0 Å². The molecule has 0 bridgehead atoms. The molecule has 0 saturated heterocycles. The minimum absolute atomic E-state index is 0.769. The first-order valence-corrected chi connectivity index (χ1v) is 3.30. The largest absolute Gasteiger partial charge is 0.192 e. The van der Waals surface area contributed by atoms with Crippen molar-refractivity contribution in [2.45, 2.75) is 13.3 Å². The van der Waals surface area contributed by atoms with Crippen LogP contribution in [0.15, 0.2) is 35.5 Å². The molecule has 10 heavy (non-hydrogen) atoms. The Bertz CT molecular complexity index is 248. The maximum atomic E-state index is 8.46. The molecule has 0 N–H and O–H groups in total. The molecule has 0 amide bonds. The summed E-state index contributed by atoms with van der Waals surface area (Å²) in [6.45, 7) is 2.00. The van der Waals surface area contributed by atoms with Crippen LogP contribution < -0.4 is 0 Å². The number of nitrogens with zero attached hydrogens (tertiary/aromatic N) is 1. The van der Waals surface area contributed by atoms with E-state index in [2.05, 4.69) is 12.1 Å². The molecule has 0 unspecified atom stereocenters. The van der Waals surface area contributed by atoms with Crippen molar-refractivity contribution in [3.05, 3.63) is 35.5 Å². The molecule has 0 atom stereocenters. The third kappa shape index (κ3) is 1.35. The lowest BCUT2D eigenvalue weighted by Gasteiger charge is -2.01. The van der Waals surface area contributed by atoms with E-state index >= 15 is 0 Å². The number of hydrogen-bond donors (Lipinski definition) is 0. The number of nitriles is 1. The molecule has 0 aromatic heterocycles. The van der Waals surface area contributed by atoms with Crippen molar-refractivity contribution < 1.29 is 0 Å². The predicted octanol–water partition coefficient (Wildman–Crippen LogP) is 2.34. The maximum Gasteiger partial charge on any atom is 0.0988 e. The molecular weight excluding hydrogens is 122 g/mol. The van der Waals surface area contributed by atoms with Crippen molar-refractivity contribution in [1.82, 2.24) is 0 Å². The standard InChI is InChI=1S/C9H9N/c1-2-8-3-5-9(7-10)6-4-8/h2-3,5-6H,4H2,1H3. The van der Waals surface area contributed by atoms with Crippen molar-refractivity contribution in [1.29, 1.82) is 5.26 Å². The summed E-state index contributed by atoms with van der Waals surface area (Å²) in [5.41, 5.74) is 2.05. The zero-order valence-electron chi connectivity index (χ0n) is 5.96. The minimum Gasteiger partial charge on any atom is -0.192 e. The van der Waals surface area contributed by atoms with Gasteiger partial charge in [-0.05, 0) is 25.0 Å². The lowest BCUT2D eigenvalue weighted by Crippen LogP contribution is -1.84. The topological polar surface area (TPSA) is 23.8 Å². The van der Waals surface area contributed by atoms with E-state index in [9.17, 15) is 0 Å². The van der Waals surface area contributed by atoms with Gasteiger partial charge in [-0.3, -0.25) is 0 Å². The van der Waals surface area contributed by atoms with Gasteiger partial charge < -0.3 is 0 Å². The molecule has 0 radical (unpaired) electrons. The van der Waals surface area contributed by atoms with Gasteiger partial charge in [0, 0.05) is 5.57 Å². The fraction of sp³-hybridized carbons (Fsp3) is 0.222. The Labute approximate surface area is 61.0 Å². The van der Waals surface area contributed by atoms with E-state index in [1.54, 1.807) is 0 Å². The van der Waals surface area contributed by atoms with Crippen LogP contribution in [0.4, 0.5) is 0 Å². The van der Waals surface area contributed by atoms with E-state index in [0.717, 1.165) is 12.0 Å². The van der Waals surface area contributed by atoms with E-state index in [1.165, 1.54) is 5.57 Å². The summed E-state index contributed by atoms with van der Waals surface area (Å²) in [5.74, 6) is 0. The second kappa shape index (κ2) is 3.03. The lowest BCUT2D eigenvalue weighted by atomic mass is 10.0. The normalized spacial score (nSPS) is 20.4. The molecule has 1 aliphatic rings. The van der Waals surface area contributed by atoms with Gasteiger partial charge in [0.15, 0.2) is 0 Å². The fourth-order valence-corrected chi connectivity index (χ4v) is 0.858. The van der Waals surface area contributed by atoms with E-state index in [4.69, 9.17) is 5.26 Å². The van der Waals surface area contributed by atoms with Crippen molar-refractivity contribution in [3.8, 4) is 6.07 Å². The monoisotopic (exact) mass is 131 g/mol. The van der Waals surface area contributed by atoms with Gasteiger partial charge >= 0.3 is 0 Å². The molecule has 0 saturated carbocycles. The van der Waals surface area contributed by atoms with Gasteiger partial charge in [-0.25, -0.2) is 0 Å². The molecule has 0 heterocycles. The average Bonchev–Trinajstić information content (AvgIpc) is 2.05. The van der Waals surface area contributed by atoms with Crippen LogP contribution in [0.1, 0.15) is 13.3 Å². The number of rotatable bonds is 0. The van der Waals surface area contributed by atoms with Crippen molar-refractivity contribution in [3.63, 3.8) is 0 Å². The number of allylic oxidation sites excluding steroid dienone is 6. The van der Waals surface area contributed by atoms with Crippen LogP contribution in [0.3, 0.4) is 0 Å². The fourth-order valence-electron chi connectivity index (χ4n) is 0.858. The highest BCUT2D eigenvalue weighted by Gasteiger charge is 1.97. The van der Waals surface area contributed by atoms with Gasteiger partial charge in [0.1, 0.15) is 0 Å². The summed E-state index contributed by atoms with van der Waals surface area (Å²) in [5, 5.41) is 8.46. The van der Waals surface area contributed by atoms with Crippen LogP contribution in [-0.4, -0.2) is 0 Å². The first-order valence-electron chi connectivity index (χ1n) is 3.30. The SMILES string of the molecule is CC=C1C=CC(C#N)=CC1. The van der Waals surface area contributed by atoms with Crippen LogP contribution in [0.5, 0.6) is 0 Å². The zero-order chi connectivity index (χ0) is 7.40. The molecule has 0 aromatic rings. The molecule has 0 spiro atoms. The van der Waals surface area contributed by atoms with Crippen LogP contribution in [0.25, 0.3) is 0 Å². The summed E-state index contributed by atoms with van der Waals surface area (Å²) >= 11 is 0. The zero-order valence-corrected chi connectivity index (χ0v) is 5.96. The summed E-state index contributed by atoms with van der Waals surface area (Å²) in [7, 11) is 0. The molecule has 1 aliphatic carbocycles. The molecule has 1 rings (SSSR count). The van der Waals surface area contributed by atoms with Crippen molar-refractivity contribution >= 4 is 0 Å². The Balaban J connectivity index is 2.75.